The molecule has 1 aromatic heterocycles. The van der Waals surface area contributed by atoms with Crippen molar-refractivity contribution in [3.05, 3.63) is 79.3 Å². The number of hydrogen-bond acceptors (Lipinski definition) is 7. The number of benzene rings is 2. The van der Waals surface area contributed by atoms with Gasteiger partial charge >= 0.3 is 17.8 Å². The van der Waals surface area contributed by atoms with Gasteiger partial charge in [-0.1, -0.05) is 23.7 Å². The van der Waals surface area contributed by atoms with Crippen molar-refractivity contribution in [2.24, 2.45) is 7.05 Å². The molecule has 2 aromatic carbocycles. The highest BCUT2D eigenvalue weighted by molar-refractivity contribution is 6.32. The van der Waals surface area contributed by atoms with Gasteiger partial charge in [0.15, 0.2) is 5.75 Å². The van der Waals surface area contributed by atoms with E-state index >= 15 is 0 Å². The Morgan fingerprint density at radius 1 is 1.18 bits per heavy atom. The average Bonchev–Trinajstić information content (AvgIpc) is 3.36. The van der Waals surface area contributed by atoms with Crippen LogP contribution in [0, 0.1) is 5.82 Å². The Bertz CT molecular complexity index is 1530. The number of rotatable bonds is 7. The third kappa shape index (κ3) is 6.09. The molecule has 0 saturated carbocycles. The number of ether oxygens (including phenoxy) is 2. The van der Waals surface area contributed by atoms with Gasteiger partial charge in [0.1, 0.15) is 17.3 Å². The molecule has 1 aliphatic heterocycles. The topological polar surface area (TPSA) is 98.0 Å². The molecular weight excluding hydrogens is 552 g/mol. The molecule has 14 heteroatoms. The number of alkyl halides is 3. The molecule has 1 fully saturated rings. The summed E-state index contributed by atoms with van der Waals surface area (Å²) in [5.41, 5.74) is -4.53. The standard InChI is InChI=1S/C25H21ClF4N2O7/c1-13(33)38-39-19-7-3-5-14(9-15-6-4-8-36-15)23(19)37-20-11-18(17(27)10-16(20)26)32-22(34)12-21(25(28,29)30)31(2)24(32)35/h3,5,7,10-12,15H,4,6,8-9H2,1-2H3. The van der Waals surface area contributed by atoms with E-state index < -0.39 is 40.6 Å². The molecule has 0 radical (unpaired) electrons. The second-order valence-electron chi connectivity index (χ2n) is 8.62. The molecule has 0 amide bonds. The van der Waals surface area contributed by atoms with E-state index in [2.05, 4.69) is 4.89 Å². The van der Waals surface area contributed by atoms with Gasteiger partial charge in [-0.15, -0.1) is 0 Å². The number of nitrogens with zero attached hydrogens (tertiary/aromatic N) is 2. The highest BCUT2D eigenvalue weighted by atomic mass is 35.5. The third-order valence-corrected chi connectivity index (χ3v) is 6.14. The van der Waals surface area contributed by atoms with Crippen molar-refractivity contribution < 1.29 is 41.6 Å². The van der Waals surface area contributed by atoms with Gasteiger partial charge in [-0.05, 0) is 25.0 Å². The van der Waals surface area contributed by atoms with E-state index in [1.54, 1.807) is 12.1 Å². The van der Waals surface area contributed by atoms with E-state index in [0.29, 0.717) is 18.6 Å². The minimum atomic E-state index is -5.00. The number of halogens is 5. The molecule has 0 bridgehead atoms. The van der Waals surface area contributed by atoms with Crippen LogP contribution in [0.5, 0.6) is 17.2 Å². The number of carbonyl (C=O) groups excluding carboxylic acids is 1. The first-order chi connectivity index (χ1) is 18.4. The molecular formula is C25H21ClF4N2O7. The Morgan fingerprint density at radius 2 is 1.92 bits per heavy atom. The van der Waals surface area contributed by atoms with Gasteiger partial charge < -0.3 is 9.47 Å². The fraction of sp³-hybridized carbons (Fsp3) is 0.320. The monoisotopic (exact) mass is 572 g/mol. The Labute approximate surface area is 223 Å². The number of aromatic nitrogens is 2. The fourth-order valence-electron chi connectivity index (χ4n) is 4.05. The summed E-state index contributed by atoms with van der Waals surface area (Å²) in [6, 6.07) is 6.53. The summed E-state index contributed by atoms with van der Waals surface area (Å²) < 4.78 is 66.7. The van der Waals surface area contributed by atoms with Crippen molar-refractivity contribution in [3.8, 4) is 22.9 Å². The van der Waals surface area contributed by atoms with E-state index in [1.807, 2.05) is 0 Å². The van der Waals surface area contributed by atoms with Gasteiger partial charge in [-0.25, -0.2) is 18.5 Å². The molecule has 1 aliphatic rings. The summed E-state index contributed by atoms with van der Waals surface area (Å²) in [7, 11) is 0.798. The van der Waals surface area contributed by atoms with Crippen LogP contribution >= 0.6 is 11.6 Å². The van der Waals surface area contributed by atoms with Crippen LogP contribution in [0.25, 0.3) is 5.69 Å². The van der Waals surface area contributed by atoms with Gasteiger partial charge in [0.25, 0.3) is 5.56 Å². The van der Waals surface area contributed by atoms with Crippen LogP contribution in [0.3, 0.4) is 0 Å². The fourth-order valence-corrected chi connectivity index (χ4v) is 4.24. The number of para-hydroxylation sites is 1. The minimum absolute atomic E-state index is 0.0152. The van der Waals surface area contributed by atoms with Crippen LogP contribution < -0.4 is 20.9 Å². The van der Waals surface area contributed by atoms with Crippen LogP contribution in [-0.4, -0.2) is 27.8 Å². The maximum absolute atomic E-state index is 15.0. The lowest BCUT2D eigenvalue weighted by molar-refractivity contribution is -0.211. The molecule has 39 heavy (non-hydrogen) atoms. The van der Waals surface area contributed by atoms with Crippen molar-refractivity contribution in [2.75, 3.05) is 6.61 Å². The van der Waals surface area contributed by atoms with E-state index in [1.165, 1.54) is 6.07 Å². The molecule has 1 unspecified atom stereocenters. The maximum Gasteiger partial charge on any atom is 0.431 e. The second-order valence-corrected chi connectivity index (χ2v) is 9.03. The predicted octanol–water partition coefficient (Wildman–Crippen LogP) is 4.72. The minimum Gasteiger partial charge on any atom is -0.451 e. The highest BCUT2D eigenvalue weighted by Gasteiger charge is 2.35. The van der Waals surface area contributed by atoms with Crippen molar-refractivity contribution in [3.63, 3.8) is 0 Å². The molecule has 1 atom stereocenters. The van der Waals surface area contributed by atoms with Crippen molar-refractivity contribution in [2.45, 2.75) is 38.5 Å². The van der Waals surface area contributed by atoms with E-state index in [4.69, 9.17) is 26.0 Å². The Kier molecular flexibility index (Phi) is 8.02. The summed E-state index contributed by atoms with van der Waals surface area (Å²) in [5.74, 6) is -2.23. The van der Waals surface area contributed by atoms with Gasteiger partial charge in [0.2, 0.25) is 5.75 Å². The molecule has 9 nitrogen and oxygen atoms in total. The number of hydrogen-bond donors (Lipinski definition) is 0. The Hall–Kier alpha value is -3.84. The van der Waals surface area contributed by atoms with E-state index in [9.17, 15) is 31.9 Å². The maximum atomic E-state index is 15.0. The van der Waals surface area contributed by atoms with Gasteiger partial charge in [-0.2, -0.15) is 13.2 Å². The SMILES string of the molecule is CC(=O)OOc1cccc(CC2CCCO2)c1Oc1cc(-n2c(=O)cc(C(F)(F)F)n(C)c2=O)c(F)cc1Cl. The first-order valence-corrected chi connectivity index (χ1v) is 11.9. The molecule has 2 heterocycles. The number of carbonyl (C=O) groups is 1. The molecule has 4 rings (SSSR count). The van der Waals surface area contributed by atoms with Crippen LogP contribution in [-0.2, 0) is 34.1 Å². The van der Waals surface area contributed by atoms with E-state index in [-0.39, 0.29) is 43.6 Å². The summed E-state index contributed by atoms with van der Waals surface area (Å²) in [6.45, 7) is 1.69. The van der Waals surface area contributed by atoms with Crippen molar-refractivity contribution in [1.29, 1.82) is 0 Å². The second kappa shape index (κ2) is 11.1. The van der Waals surface area contributed by atoms with Gasteiger partial charge in [0, 0.05) is 44.7 Å². The molecule has 0 aliphatic carbocycles. The zero-order chi connectivity index (χ0) is 28.5. The smallest absolute Gasteiger partial charge is 0.431 e. The molecule has 0 spiro atoms. The van der Waals surface area contributed by atoms with Crippen molar-refractivity contribution >= 4 is 17.6 Å². The molecule has 1 saturated heterocycles. The third-order valence-electron chi connectivity index (χ3n) is 5.85. The lowest BCUT2D eigenvalue weighted by Gasteiger charge is -2.18. The van der Waals surface area contributed by atoms with Crippen LogP contribution in [0.2, 0.25) is 5.02 Å². The highest BCUT2D eigenvalue weighted by Crippen LogP contribution is 2.40. The predicted molar refractivity (Wildman–Crippen MR) is 129 cm³/mol. The molecule has 208 valence electrons. The summed E-state index contributed by atoms with van der Waals surface area (Å²) in [4.78, 5) is 46.3. The van der Waals surface area contributed by atoms with Gasteiger partial charge in [0.05, 0.1) is 16.8 Å². The summed E-state index contributed by atoms with van der Waals surface area (Å²) >= 11 is 6.20. The lowest BCUT2D eigenvalue weighted by atomic mass is 10.0. The Morgan fingerprint density at radius 3 is 2.56 bits per heavy atom. The van der Waals surface area contributed by atoms with E-state index in [0.717, 1.165) is 38.9 Å². The Balaban J connectivity index is 1.82. The largest absolute Gasteiger partial charge is 0.451 e. The molecule has 0 N–H and O–H groups in total. The first kappa shape index (κ1) is 28.2. The quantitative estimate of drug-likeness (QED) is 0.230. The zero-order valence-corrected chi connectivity index (χ0v) is 21.3. The van der Waals surface area contributed by atoms with Crippen LogP contribution in [0.15, 0.2) is 46.0 Å². The van der Waals surface area contributed by atoms with Gasteiger partial charge in [-0.3, -0.25) is 19.1 Å². The normalized spacial score (nSPS) is 15.3. The molecule has 3 aromatic rings. The van der Waals surface area contributed by atoms with Crippen molar-refractivity contribution in [1.82, 2.24) is 9.13 Å². The first-order valence-electron chi connectivity index (χ1n) is 11.5. The summed E-state index contributed by atoms with van der Waals surface area (Å²) in [6.07, 6.45) is -3.16. The average molecular weight is 573 g/mol. The zero-order valence-electron chi connectivity index (χ0n) is 20.5. The lowest BCUT2D eigenvalue weighted by Crippen LogP contribution is -2.41. The van der Waals surface area contributed by atoms with Crippen LogP contribution in [0.4, 0.5) is 17.6 Å². The summed E-state index contributed by atoms with van der Waals surface area (Å²) in [5, 5.41) is -0.293. The van der Waals surface area contributed by atoms with Crippen LogP contribution in [0.1, 0.15) is 31.0 Å².